The second kappa shape index (κ2) is 11.6. The van der Waals surface area contributed by atoms with Crippen LogP contribution in [0.5, 0.6) is 17.2 Å². The smallest absolute Gasteiger partial charge is 0.148 e. The number of hydrogen-bond donors (Lipinski definition) is 0. The lowest BCUT2D eigenvalue weighted by atomic mass is 9.28. The van der Waals surface area contributed by atoms with Crippen LogP contribution < -0.4 is 14.2 Å². The van der Waals surface area contributed by atoms with Crippen molar-refractivity contribution in [3.05, 3.63) is 89.5 Å². The Balaban J connectivity index is 1.13. The van der Waals surface area contributed by atoms with Gasteiger partial charge in [0, 0.05) is 0 Å². The van der Waals surface area contributed by atoms with Crippen LogP contribution in [0.4, 0.5) is 0 Å². The third kappa shape index (κ3) is 4.90. The molecule has 0 aromatic heterocycles. The fraction of sp³-hybridized carbons (Fsp3) is 0.489. The maximum atomic E-state index is 5.84. The van der Waals surface area contributed by atoms with Crippen molar-refractivity contribution in [2.45, 2.75) is 93.3 Å². The first kappa shape index (κ1) is 31.7. The number of terminal acetylenes is 3. The molecule has 11 rings (SSSR count). The molecule has 0 heterocycles. The van der Waals surface area contributed by atoms with Gasteiger partial charge in [0.25, 0.3) is 0 Å². The average molecular weight is 661 g/mol. The fourth-order valence-electron chi connectivity index (χ4n) is 14.0. The van der Waals surface area contributed by atoms with E-state index >= 15 is 0 Å². The molecule has 0 amide bonds. The van der Waals surface area contributed by atoms with Crippen LogP contribution in [0.3, 0.4) is 0 Å². The van der Waals surface area contributed by atoms with Gasteiger partial charge in [0.05, 0.1) is 0 Å². The van der Waals surface area contributed by atoms with E-state index in [2.05, 4.69) is 90.6 Å². The maximum Gasteiger partial charge on any atom is 0.148 e. The van der Waals surface area contributed by atoms with Crippen LogP contribution in [0.2, 0.25) is 0 Å². The van der Waals surface area contributed by atoms with Gasteiger partial charge >= 0.3 is 0 Å². The van der Waals surface area contributed by atoms with Crippen molar-refractivity contribution in [1.29, 1.82) is 0 Å². The molecular formula is C47H48O3. The monoisotopic (exact) mass is 660 g/mol. The topological polar surface area (TPSA) is 27.7 Å². The number of rotatable bonds is 10. The molecule has 4 atom stereocenters. The van der Waals surface area contributed by atoms with E-state index in [1.807, 2.05) is 0 Å². The molecule has 50 heavy (non-hydrogen) atoms. The van der Waals surface area contributed by atoms with E-state index in [1.54, 1.807) is 0 Å². The summed E-state index contributed by atoms with van der Waals surface area (Å²) in [5.74, 6) is 12.8. The summed E-state index contributed by atoms with van der Waals surface area (Å²) in [7, 11) is 0. The standard InChI is InChI=1S/C47H48O3/c1-4-19-48-40-13-7-37(8-14-40)43-23-34-22-35(24-43)28-46(27-34,31-43)47-29-36-25-44(32-47,38-9-15-41(16-10-38)49-20-5-2)30-45(26-36,33-47)39-11-17-42(18-12-39)50-21-6-3/h1-3,7-18,34-36H,19-33H2. The Morgan fingerprint density at radius 2 is 0.800 bits per heavy atom. The largest absolute Gasteiger partial charge is 0.481 e. The lowest BCUT2D eigenvalue weighted by Crippen LogP contribution is -2.68. The molecule has 3 heteroatoms. The van der Waals surface area contributed by atoms with Crippen molar-refractivity contribution in [3.8, 4) is 54.3 Å². The molecule has 8 aliphatic carbocycles. The molecule has 8 aliphatic rings. The van der Waals surface area contributed by atoms with E-state index in [9.17, 15) is 0 Å². The zero-order chi connectivity index (χ0) is 34.0. The fourth-order valence-corrected chi connectivity index (χ4v) is 14.0. The predicted octanol–water partition coefficient (Wildman–Crippen LogP) is 9.42. The van der Waals surface area contributed by atoms with E-state index in [-0.39, 0.29) is 16.2 Å². The molecule has 8 saturated carbocycles. The van der Waals surface area contributed by atoms with Crippen molar-refractivity contribution in [2.75, 3.05) is 19.8 Å². The lowest BCUT2D eigenvalue weighted by Gasteiger charge is -2.76. The minimum Gasteiger partial charge on any atom is -0.481 e. The van der Waals surface area contributed by atoms with Gasteiger partial charge in [-0.3, -0.25) is 0 Å². The summed E-state index contributed by atoms with van der Waals surface area (Å²) in [5, 5.41) is 0. The average Bonchev–Trinajstić information content (AvgIpc) is 3.12. The first-order valence-electron chi connectivity index (χ1n) is 18.8. The summed E-state index contributed by atoms with van der Waals surface area (Å²) >= 11 is 0. The van der Waals surface area contributed by atoms with Gasteiger partial charge in [0.2, 0.25) is 0 Å². The molecule has 254 valence electrons. The highest BCUT2D eigenvalue weighted by atomic mass is 16.5. The third-order valence-electron chi connectivity index (χ3n) is 14.6. The summed E-state index contributed by atoms with van der Waals surface area (Å²) in [4.78, 5) is 0. The van der Waals surface area contributed by atoms with Gasteiger partial charge in [0.15, 0.2) is 0 Å². The van der Waals surface area contributed by atoms with Gasteiger partial charge in [0.1, 0.15) is 37.1 Å². The Kier molecular flexibility index (Phi) is 7.38. The SMILES string of the molecule is C#CCOc1ccc(C23CC4CC(C2)CC(C25CC6CC(c7ccc(OCC#C)cc7)(CC(c7ccc(OCC#C)cc7)(C6)C2)C5)(C4)C3)cc1. The van der Waals surface area contributed by atoms with Gasteiger partial charge in [-0.05, 0) is 175 Å². The highest BCUT2D eigenvalue weighted by molar-refractivity contribution is 5.44. The summed E-state index contributed by atoms with van der Waals surface area (Å²) in [6, 6.07) is 27.3. The van der Waals surface area contributed by atoms with Crippen molar-refractivity contribution in [3.63, 3.8) is 0 Å². The van der Waals surface area contributed by atoms with Gasteiger partial charge in [-0.25, -0.2) is 0 Å². The molecule has 0 spiro atoms. The highest BCUT2D eigenvalue weighted by Gasteiger charge is 2.72. The van der Waals surface area contributed by atoms with E-state index < -0.39 is 0 Å². The van der Waals surface area contributed by atoms with E-state index in [0.717, 1.165) is 35.0 Å². The Morgan fingerprint density at radius 1 is 0.440 bits per heavy atom. The zero-order valence-electron chi connectivity index (χ0n) is 29.2. The van der Waals surface area contributed by atoms with Crippen LogP contribution in [0.15, 0.2) is 72.8 Å². The second-order valence-corrected chi connectivity index (χ2v) is 17.4. The first-order chi connectivity index (χ1) is 24.3. The van der Waals surface area contributed by atoms with Crippen molar-refractivity contribution in [1.82, 2.24) is 0 Å². The molecule has 8 fully saturated rings. The quantitative estimate of drug-likeness (QED) is 0.203. The summed E-state index contributed by atoms with van der Waals surface area (Å²) < 4.78 is 17.5. The summed E-state index contributed by atoms with van der Waals surface area (Å²) in [5.41, 5.74) is 5.75. The van der Waals surface area contributed by atoms with Gasteiger partial charge in [-0.1, -0.05) is 54.2 Å². The van der Waals surface area contributed by atoms with Crippen molar-refractivity contribution >= 4 is 0 Å². The molecule has 3 nitrogen and oxygen atoms in total. The van der Waals surface area contributed by atoms with Crippen LogP contribution in [0.25, 0.3) is 0 Å². The van der Waals surface area contributed by atoms with E-state index in [4.69, 9.17) is 33.5 Å². The first-order valence-corrected chi connectivity index (χ1v) is 18.8. The van der Waals surface area contributed by atoms with E-state index in [1.165, 1.54) is 93.7 Å². The minimum absolute atomic E-state index is 0.148. The summed E-state index contributed by atoms with van der Waals surface area (Å²) in [6.45, 7) is 0.909. The van der Waals surface area contributed by atoms with Crippen LogP contribution in [-0.2, 0) is 16.2 Å². The van der Waals surface area contributed by atoms with Crippen LogP contribution in [0.1, 0.15) is 93.7 Å². The molecule has 0 saturated heterocycles. The molecule has 3 aromatic rings. The van der Waals surface area contributed by atoms with Gasteiger partial charge < -0.3 is 14.2 Å². The van der Waals surface area contributed by atoms with Crippen LogP contribution >= 0.6 is 0 Å². The molecule has 0 aliphatic heterocycles. The van der Waals surface area contributed by atoms with Gasteiger partial charge in [-0.2, -0.15) is 0 Å². The Bertz CT molecular complexity index is 1790. The van der Waals surface area contributed by atoms with Crippen LogP contribution in [0, 0.1) is 65.6 Å². The van der Waals surface area contributed by atoms with Crippen molar-refractivity contribution < 1.29 is 14.2 Å². The second-order valence-electron chi connectivity index (χ2n) is 17.4. The molecule has 0 radical (unpaired) electrons. The number of hydrogen-bond acceptors (Lipinski definition) is 3. The summed E-state index contributed by atoms with van der Waals surface area (Å²) in [6.07, 6.45) is 32.5. The number of ether oxygens (including phenoxy) is 3. The minimum atomic E-state index is 0.148. The van der Waals surface area contributed by atoms with Gasteiger partial charge in [-0.15, -0.1) is 19.3 Å². The molecule has 8 bridgehead atoms. The zero-order valence-corrected chi connectivity index (χ0v) is 29.2. The third-order valence-corrected chi connectivity index (χ3v) is 14.6. The molecular weight excluding hydrogens is 613 g/mol. The molecule has 0 N–H and O–H groups in total. The van der Waals surface area contributed by atoms with E-state index in [0.29, 0.717) is 30.7 Å². The van der Waals surface area contributed by atoms with Crippen LogP contribution in [-0.4, -0.2) is 19.8 Å². The molecule has 3 aromatic carbocycles. The number of benzene rings is 3. The predicted molar refractivity (Wildman–Crippen MR) is 198 cm³/mol. The Morgan fingerprint density at radius 3 is 1.22 bits per heavy atom. The highest BCUT2D eigenvalue weighted by Crippen LogP contribution is 2.80. The Labute approximate surface area is 298 Å². The normalized spacial score (nSPS) is 37.0. The maximum absolute atomic E-state index is 5.84. The lowest BCUT2D eigenvalue weighted by molar-refractivity contribution is -0.218. The van der Waals surface area contributed by atoms with Crippen molar-refractivity contribution in [2.24, 2.45) is 28.6 Å². The Hall–Kier alpha value is -4.26. The molecule has 4 unspecified atom stereocenters.